The van der Waals surface area contributed by atoms with Crippen LogP contribution in [0.25, 0.3) is 0 Å². The molecule has 0 saturated carbocycles. The predicted molar refractivity (Wildman–Crippen MR) is 83.7 cm³/mol. The molecule has 2 rings (SSSR count). The largest absolute Gasteiger partial charge is 0.306 e. The van der Waals surface area contributed by atoms with Crippen molar-refractivity contribution in [1.29, 1.82) is 0 Å². The van der Waals surface area contributed by atoms with Crippen molar-refractivity contribution in [3.63, 3.8) is 0 Å². The molecule has 0 radical (unpaired) electrons. The molecule has 1 heterocycles. The van der Waals surface area contributed by atoms with Crippen molar-refractivity contribution in [1.82, 2.24) is 15.1 Å². The van der Waals surface area contributed by atoms with Crippen LogP contribution in [0, 0.1) is 6.92 Å². The highest BCUT2D eigenvalue weighted by Crippen LogP contribution is 2.19. The minimum absolute atomic E-state index is 0.343. The van der Waals surface area contributed by atoms with E-state index in [0.717, 1.165) is 12.2 Å². The van der Waals surface area contributed by atoms with E-state index >= 15 is 0 Å². The second-order valence-corrected chi connectivity index (χ2v) is 5.84. The molecule has 1 unspecified atom stereocenters. The fraction of sp³-hybridized carbons (Fsp3) is 0.471. The molecule has 1 aromatic carbocycles. The lowest BCUT2D eigenvalue weighted by atomic mass is 9.99. The van der Waals surface area contributed by atoms with Crippen LogP contribution in [0.4, 0.5) is 0 Å². The third kappa shape index (κ3) is 3.48. The number of nitrogens with one attached hydrogen (secondary N) is 1. The molecule has 108 valence electrons. The fourth-order valence-corrected chi connectivity index (χ4v) is 2.37. The maximum Gasteiger partial charge on any atom is 0.0638 e. The highest BCUT2D eigenvalue weighted by molar-refractivity contribution is 5.26. The summed E-state index contributed by atoms with van der Waals surface area (Å²) in [6.07, 6.45) is 2.08. The summed E-state index contributed by atoms with van der Waals surface area (Å²) in [5.41, 5.74) is 5.08. The van der Waals surface area contributed by atoms with Crippen LogP contribution in [0.3, 0.4) is 0 Å². The second kappa shape index (κ2) is 6.23. The summed E-state index contributed by atoms with van der Waals surface area (Å²) in [5, 5.41) is 7.93. The van der Waals surface area contributed by atoms with Crippen molar-refractivity contribution in [2.75, 3.05) is 0 Å². The zero-order chi connectivity index (χ0) is 14.7. The first-order valence-corrected chi connectivity index (χ1v) is 7.29. The third-order valence-electron chi connectivity index (χ3n) is 3.82. The number of rotatable bonds is 5. The molecule has 0 spiro atoms. The van der Waals surface area contributed by atoms with E-state index in [1.807, 2.05) is 11.7 Å². The Balaban J connectivity index is 1.97. The van der Waals surface area contributed by atoms with Crippen molar-refractivity contribution >= 4 is 0 Å². The van der Waals surface area contributed by atoms with E-state index in [1.165, 1.54) is 16.7 Å². The van der Waals surface area contributed by atoms with Crippen molar-refractivity contribution < 1.29 is 0 Å². The number of hydrogen-bond donors (Lipinski definition) is 1. The van der Waals surface area contributed by atoms with Gasteiger partial charge >= 0.3 is 0 Å². The Morgan fingerprint density at radius 3 is 2.20 bits per heavy atom. The SMILES string of the molecule is Cc1nn(C)cc1CNC(C)c1ccc(C(C)C)cc1. The normalized spacial score (nSPS) is 12.9. The van der Waals surface area contributed by atoms with E-state index in [4.69, 9.17) is 0 Å². The zero-order valence-corrected chi connectivity index (χ0v) is 13.1. The molecule has 0 saturated heterocycles. The summed E-state index contributed by atoms with van der Waals surface area (Å²) in [5.74, 6) is 0.588. The highest BCUT2D eigenvalue weighted by atomic mass is 15.2. The maximum atomic E-state index is 4.37. The Morgan fingerprint density at radius 1 is 1.10 bits per heavy atom. The van der Waals surface area contributed by atoms with Gasteiger partial charge in [0, 0.05) is 31.4 Å². The van der Waals surface area contributed by atoms with Crippen LogP contribution in [0.15, 0.2) is 30.5 Å². The molecule has 20 heavy (non-hydrogen) atoms. The fourth-order valence-electron chi connectivity index (χ4n) is 2.37. The van der Waals surface area contributed by atoms with Crippen molar-refractivity contribution in [2.24, 2.45) is 7.05 Å². The Morgan fingerprint density at radius 2 is 1.70 bits per heavy atom. The molecule has 0 aliphatic heterocycles. The van der Waals surface area contributed by atoms with Crippen LogP contribution >= 0.6 is 0 Å². The molecule has 1 aromatic heterocycles. The van der Waals surface area contributed by atoms with Gasteiger partial charge in [0.1, 0.15) is 0 Å². The molecule has 0 aliphatic rings. The molecule has 0 aliphatic carbocycles. The standard InChI is InChI=1S/C17H25N3/c1-12(2)15-6-8-16(9-7-15)13(3)18-10-17-11-20(5)19-14(17)4/h6-9,11-13,18H,10H2,1-5H3. The number of hydrogen-bond acceptors (Lipinski definition) is 2. The van der Waals surface area contributed by atoms with Gasteiger partial charge in [0.2, 0.25) is 0 Å². The van der Waals surface area contributed by atoms with Crippen LogP contribution in [-0.4, -0.2) is 9.78 Å². The van der Waals surface area contributed by atoms with Gasteiger partial charge in [-0.2, -0.15) is 5.10 Å². The predicted octanol–water partition coefficient (Wildman–Crippen LogP) is 3.70. The van der Waals surface area contributed by atoms with Gasteiger partial charge in [-0.05, 0) is 30.9 Å². The number of aromatic nitrogens is 2. The zero-order valence-electron chi connectivity index (χ0n) is 13.1. The van der Waals surface area contributed by atoms with Gasteiger partial charge in [0.05, 0.1) is 5.69 Å². The molecule has 0 amide bonds. The summed E-state index contributed by atoms with van der Waals surface area (Å²) in [4.78, 5) is 0. The lowest BCUT2D eigenvalue weighted by molar-refractivity contribution is 0.573. The van der Waals surface area contributed by atoms with Gasteiger partial charge in [0.25, 0.3) is 0 Å². The Bertz CT molecular complexity index is 552. The van der Waals surface area contributed by atoms with E-state index in [9.17, 15) is 0 Å². The minimum atomic E-state index is 0.343. The van der Waals surface area contributed by atoms with E-state index in [1.54, 1.807) is 0 Å². The lowest BCUT2D eigenvalue weighted by Gasteiger charge is -2.15. The molecule has 0 bridgehead atoms. The summed E-state index contributed by atoms with van der Waals surface area (Å²) < 4.78 is 1.87. The average molecular weight is 271 g/mol. The molecule has 1 atom stereocenters. The van der Waals surface area contributed by atoms with Crippen LogP contribution in [0.1, 0.15) is 55.1 Å². The first-order chi connectivity index (χ1) is 9.47. The van der Waals surface area contributed by atoms with Gasteiger partial charge < -0.3 is 5.32 Å². The summed E-state index contributed by atoms with van der Waals surface area (Å²) in [6, 6.07) is 9.25. The Kier molecular flexibility index (Phi) is 4.61. The maximum absolute atomic E-state index is 4.37. The minimum Gasteiger partial charge on any atom is -0.306 e. The first-order valence-electron chi connectivity index (χ1n) is 7.29. The molecule has 3 nitrogen and oxygen atoms in total. The number of aryl methyl sites for hydroxylation is 2. The van der Waals surface area contributed by atoms with Crippen molar-refractivity contribution in [2.45, 2.75) is 46.2 Å². The van der Waals surface area contributed by atoms with Gasteiger partial charge in [-0.1, -0.05) is 38.1 Å². The van der Waals surface area contributed by atoms with Crippen LogP contribution in [0.5, 0.6) is 0 Å². The second-order valence-electron chi connectivity index (χ2n) is 5.84. The smallest absolute Gasteiger partial charge is 0.0638 e. The van der Waals surface area contributed by atoms with E-state index in [0.29, 0.717) is 12.0 Å². The van der Waals surface area contributed by atoms with Gasteiger partial charge in [-0.25, -0.2) is 0 Å². The molecular weight excluding hydrogens is 246 g/mol. The summed E-state index contributed by atoms with van der Waals surface area (Å²) >= 11 is 0. The van der Waals surface area contributed by atoms with Gasteiger partial charge in [-0.15, -0.1) is 0 Å². The third-order valence-corrected chi connectivity index (χ3v) is 3.82. The van der Waals surface area contributed by atoms with Gasteiger partial charge in [-0.3, -0.25) is 4.68 Å². The number of nitrogens with zero attached hydrogens (tertiary/aromatic N) is 2. The van der Waals surface area contributed by atoms with Crippen molar-refractivity contribution in [3.05, 3.63) is 52.8 Å². The number of benzene rings is 1. The Labute approximate surface area is 122 Å². The van der Waals surface area contributed by atoms with Crippen LogP contribution < -0.4 is 5.32 Å². The molecule has 0 fully saturated rings. The highest BCUT2D eigenvalue weighted by Gasteiger charge is 2.08. The molecular formula is C17H25N3. The van der Waals surface area contributed by atoms with Crippen LogP contribution in [-0.2, 0) is 13.6 Å². The molecule has 3 heteroatoms. The Hall–Kier alpha value is -1.61. The van der Waals surface area contributed by atoms with Gasteiger partial charge in [0.15, 0.2) is 0 Å². The van der Waals surface area contributed by atoms with E-state index in [2.05, 4.69) is 68.6 Å². The summed E-state index contributed by atoms with van der Waals surface area (Å²) in [7, 11) is 1.96. The topological polar surface area (TPSA) is 29.9 Å². The van der Waals surface area contributed by atoms with E-state index < -0.39 is 0 Å². The van der Waals surface area contributed by atoms with Crippen molar-refractivity contribution in [3.8, 4) is 0 Å². The molecule has 2 aromatic rings. The van der Waals surface area contributed by atoms with E-state index in [-0.39, 0.29) is 0 Å². The average Bonchev–Trinajstić information content (AvgIpc) is 2.74. The lowest BCUT2D eigenvalue weighted by Crippen LogP contribution is -2.18. The first kappa shape index (κ1) is 14.8. The summed E-state index contributed by atoms with van der Waals surface area (Å²) in [6.45, 7) is 9.56. The molecule has 1 N–H and O–H groups in total. The quantitative estimate of drug-likeness (QED) is 0.898. The monoisotopic (exact) mass is 271 g/mol. The van der Waals surface area contributed by atoms with Crippen LogP contribution in [0.2, 0.25) is 0 Å².